The average Bonchev–Trinajstić information content (AvgIpc) is 2.28. The molecule has 0 amide bonds. The van der Waals surface area contributed by atoms with E-state index < -0.39 is 0 Å². The van der Waals surface area contributed by atoms with Gasteiger partial charge in [-0.2, -0.15) is 0 Å². The Hall–Kier alpha value is -1.62. The van der Waals surface area contributed by atoms with Crippen molar-refractivity contribution in [3.63, 3.8) is 0 Å². The molecule has 0 aliphatic carbocycles. The number of hydrogen-bond donors (Lipinski definition) is 1. The van der Waals surface area contributed by atoms with Gasteiger partial charge < -0.3 is 10.1 Å². The summed E-state index contributed by atoms with van der Waals surface area (Å²) < 4.78 is 5.62. The molecule has 0 bridgehead atoms. The van der Waals surface area contributed by atoms with E-state index in [1.54, 1.807) is 6.07 Å². The number of nitrogens with zero attached hydrogens (tertiary/aromatic N) is 1. The summed E-state index contributed by atoms with van der Waals surface area (Å²) in [7, 11) is 0. The van der Waals surface area contributed by atoms with Gasteiger partial charge in [0.25, 0.3) is 0 Å². The van der Waals surface area contributed by atoms with E-state index in [-0.39, 0.29) is 16.1 Å². The van der Waals surface area contributed by atoms with Gasteiger partial charge in [0.05, 0.1) is 11.5 Å². The Kier molecular flexibility index (Phi) is 5.51. The fourth-order valence-corrected chi connectivity index (χ4v) is 1.97. The third-order valence-corrected chi connectivity index (χ3v) is 2.82. The summed E-state index contributed by atoms with van der Waals surface area (Å²) >= 11 is 0. The molecule has 0 fully saturated rings. The quantitative estimate of drug-likeness (QED) is 0.493. The van der Waals surface area contributed by atoms with E-state index in [0.717, 1.165) is 24.1 Å². The minimum Gasteiger partial charge on any atom is -0.487 e. The number of hydrogen-bond acceptors (Lipinski definition) is 4. The van der Waals surface area contributed by atoms with Crippen molar-refractivity contribution in [1.82, 2.24) is 5.32 Å². The second-order valence-electron chi connectivity index (χ2n) is 6.07. The van der Waals surface area contributed by atoms with Crippen LogP contribution in [0.25, 0.3) is 0 Å². The number of ether oxygens (including phenoxy) is 1. The molecule has 112 valence electrons. The Bertz CT molecular complexity index is 479. The number of nitrogens with one attached hydrogen (secondary N) is 1. The lowest BCUT2D eigenvalue weighted by atomic mass is 10.1. The van der Waals surface area contributed by atoms with Gasteiger partial charge in [-0.1, -0.05) is 6.07 Å². The second-order valence-corrected chi connectivity index (χ2v) is 6.07. The molecule has 0 aliphatic rings. The van der Waals surface area contributed by atoms with Crippen LogP contribution in [-0.2, 0) is 0 Å². The Morgan fingerprint density at radius 2 is 1.95 bits per heavy atom. The van der Waals surface area contributed by atoms with Gasteiger partial charge >= 0.3 is 5.69 Å². The summed E-state index contributed by atoms with van der Waals surface area (Å²) in [6.07, 6.45) is 0.807. The third kappa shape index (κ3) is 5.17. The number of aryl methyl sites for hydroxylation is 2. The molecule has 1 aromatic carbocycles. The first-order valence-electron chi connectivity index (χ1n) is 6.84. The maximum absolute atomic E-state index is 11.1. The fourth-order valence-electron chi connectivity index (χ4n) is 1.97. The summed E-state index contributed by atoms with van der Waals surface area (Å²) in [6.45, 7) is 11.3. The van der Waals surface area contributed by atoms with Crippen LogP contribution in [0.15, 0.2) is 12.1 Å². The van der Waals surface area contributed by atoms with E-state index in [1.165, 1.54) is 0 Å². The molecule has 0 heterocycles. The predicted molar refractivity (Wildman–Crippen MR) is 80.4 cm³/mol. The fraction of sp³-hybridized carbons (Fsp3) is 0.600. The summed E-state index contributed by atoms with van der Waals surface area (Å²) in [5, 5.41) is 14.4. The topological polar surface area (TPSA) is 64.4 Å². The van der Waals surface area contributed by atoms with Crippen LogP contribution in [0.2, 0.25) is 0 Å². The monoisotopic (exact) mass is 280 g/mol. The van der Waals surface area contributed by atoms with Gasteiger partial charge in [-0.15, -0.1) is 0 Å². The lowest BCUT2D eigenvalue weighted by Gasteiger charge is -2.20. The minimum absolute atomic E-state index is 0.0475. The molecule has 5 nitrogen and oxygen atoms in total. The molecular weight excluding hydrogens is 256 g/mol. The van der Waals surface area contributed by atoms with Crippen LogP contribution >= 0.6 is 0 Å². The lowest BCUT2D eigenvalue weighted by Crippen LogP contribution is -2.36. The van der Waals surface area contributed by atoms with Crippen molar-refractivity contribution in [1.29, 1.82) is 0 Å². The average molecular weight is 280 g/mol. The highest BCUT2D eigenvalue weighted by molar-refractivity contribution is 5.53. The van der Waals surface area contributed by atoms with E-state index >= 15 is 0 Å². The summed E-state index contributed by atoms with van der Waals surface area (Å²) in [4.78, 5) is 10.7. The first-order chi connectivity index (χ1) is 9.20. The Morgan fingerprint density at radius 3 is 2.50 bits per heavy atom. The maximum Gasteiger partial charge on any atom is 0.311 e. The zero-order valence-electron chi connectivity index (χ0n) is 12.9. The molecule has 0 saturated heterocycles. The molecule has 0 atom stereocenters. The van der Waals surface area contributed by atoms with E-state index in [0.29, 0.717) is 12.4 Å². The van der Waals surface area contributed by atoms with Crippen molar-refractivity contribution < 1.29 is 9.66 Å². The minimum atomic E-state index is -0.386. The highest BCUT2D eigenvalue weighted by atomic mass is 16.6. The van der Waals surface area contributed by atoms with Gasteiger partial charge in [-0.3, -0.25) is 10.1 Å². The number of rotatable bonds is 6. The van der Waals surface area contributed by atoms with Crippen LogP contribution in [0.3, 0.4) is 0 Å². The first-order valence-corrected chi connectivity index (χ1v) is 6.84. The molecule has 0 unspecified atom stereocenters. The second kappa shape index (κ2) is 6.70. The SMILES string of the molecule is Cc1cc(C)c(OCCCNC(C)(C)C)c([N+](=O)[O-])c1. The van der Waals surface area contributed by atoms with Gasteiger partial charge in [0, 0.05) is 11.6 Å². The molecule has 1 aromatic rings. The van der Waals surface area contributed by atoms with Crippen molar-refractivity contribution in [3.05, 3.63) is 33.4 Å². The predicted octanol–water partition coefficient (Wildman–Crippen LogP) is 3.37. The van der Waals surface area contributed by atoms with Gasteiger partial charge in [0.15, 0.2) is 5.75 Å². The van der Waals surface area contributed by atoms with Gasteiger partial charge in [0.1, 0.15) is 0 Å². The van der Waals surface area contributed by atoms with Crippen LogP contribution in [0.4, 0.5) is 5.69 Å². The third-order valence-electron chi connectivity index (χ3n) is 2.82. The van der Waals surface area contributed by atoms with Crippen LogP contribution in [0.1, 0.15) is 38.3 Å². The highest BCUT2D eigenvalue weighted by Gasteiger charge is 2.18. The molecule has 20 heavy (non-hydrogen) atoms. The number of benzene rings is 1. The molecule has 0 aliphatic heterocycles. The zero-order chi connectivity index (χ0) is 15.3. The Balaban J connectivity index is 2.62. The smallest absolute Gasteiger partial charge is 0.311 e. The van der Waals surface area contributed by atoms with Crippen LogP contribution in [0.5, 0.6) is 5.75 Å². The molecule has 0 aromatic heterocycles. The zero-order valence-corrected chi connectivity index (χ0v) is 12.9. The Labute approximate surface area is 120 Å². The number of nitro groups is 1. The van der Waals surface area contributed by atoms with Crippen LogP contribution in [-0.4, -0.2) is 23.6 Å². The summed E-state index contributed by atoms with van der Waals surface area (Å²) in [6, 6.07) is 3.45. The molecule has 1 N–H and O–H groups in total. The maximum atomic E-state index is 11.1. The summed E-state index contributed by atoms with van der Waals surface area (Å²) in [5.41, 5.74) is 1.80. The molecule has 0 saturated carbocycles. The van der Waals surface area contributed by atoms with Gasteiger partial charge in [-0.05, 0) is 58.7 Å². The Morgan fingerprint density at radius 1 is 1.30 bits per heavy atom. The van der Waals surface area contributed by atoms with E-state index in [1.807, 2.05) is 19.9 Å². The normalized spacial score (nSPS) is 11.4. The van der Waals surface area contributed by atoms with Crippen molar-refractivity contribution in [2.24, 2.45) is 0 Å². The first kappa shape index (κ1) is 16.4. The van der Waals surface area contributed by atoms with E-state index in [2.05, 4.69) is 26.1 Å². The molecular formula is C15H24N2O3. The van der Waals surface area contributed by atoms with E-state index in [4.69, 9.17) is 4.74 Å². The molecule has 1 rings (SSSR count). The lowest BCUT2D eigenvalue weighted by molar-refractivity contribution is -0.386. The van der Waals surface area contributed by atoms with Crippen LogP contribution < -0.4 is 10.1 Å². The van der Waals surface area contributed by atoms with Crippen molar-refractivity contribution in [2.45, 2.75) is 46.6 Å². The van der Waals surface area contributed by atoms with E-state index in [9.17, 15) is 10.1 Å². The van der Waals surface area contributed by atoms with Crippen LogP contribution in [0, 0.1) is 24.0 Å². The standard InChI is InChI=1S/C15H24N2O3/c1-11-9-12(2)14(13(10-11)17(18)19)20-8-6-7-16-15(3,4)5/h9-10,16H,6-8H2,1-5H3. The summed E-state index contributed by atoms with van der Waals surface area (Å²) in [5.74, 6) is 0.386. The molecule has 0 radical (unpaired) electrons. The van der Waals surface area contributed by atoms with Gasteiger partial charge in [0.2, 0.25) is 0 Å². The largest absolute Gasteiger partial charge is 0.487 e. The molecule has 0 spiro atoms. The number of nitro benzene ring substituents is 1. The van der Waals surface area contributed by atoms with Crippen molar-refractivity contribution in [2.75, 3.05) is 13.2 Å². The highest BCUT2D eigenvalue weighted by Crippen LogP contribution is 2.32. The van der Waals surface area contributed by atoms with Crippen molar-refractivity contribution in [3.8, 4) is 5.75 Å². The molecule has 5 heteroatoms. The van der Waals surface area contributed by atoms with Crippen molar-refractivity contribution >= 4 is 5.69 Å². The van der Waals surface area contributed by atoms with Gasteiger partial charge in [-0.25, -0.2) is 0 Å².